The molecule has 0 spiro atoms. The molecular weight excluding hydrogens is 360 g/mol. The van der Waals surface area contributed by atoms with Gasteiger partial charge in [-0.2, -0.15) is 0 Å². The number of nitrogens with zero attached hydrogens (tertiary/aromatic N) is 2. The van der Waals surface area contributed by atoms with E-state index in [9.17, 15) is 14.9 Å². The summed E-state index contributed by atoms with van der Waals surface area (Å²) in [5, 5.41) is 11.0. The van der Waals surface area contributed by atoms with Crippen molar-refractivity contribution in [2.45, 2.75) is 13.8 Å². The minimum Gasteiger partial charge on any atom is -0.457 e. The Morgan fingerprint density at radius 3 is 2.76 bits per heavy atom. The van der Waals surface area contributed by atoms with Crippen LogP contribution in [0.2, 0.25) is 0 Å². The molecule has 128 valence electrons. The maximum absolute atomic E-state index is 12.2. The summed E-state index contributed by atoms with van der Waals surface area (Å²) in [7, 11) is 0. The molecule has 1 aliphatic heterocycles. The summed E-state index contributed by atoms with van der Waals surface area (Å²) in [5.41, 5.74) is 1.51. The van der Waals surface area contributed by atoms with E-state index < -0.39 is 4.92 Å². The number of nitro benzene ring substituents is 1. The lowest BCUT2D eigenvalue weighted by molar-refractivity contribution is -0.384. The third-order valence-electron chi connectivity index (χ3n) is 3.79. The third-order valence-corrected chi connectivity index (χ3v) is 5.17. The van der Waals surface area contributed by atoms with Gasteiger partial charge in [-0.05, 0) is 31.5 Å². The van der Waals surface area contributed by atoms with Gasteiger partial charge < -0.3 is 4.42 Å². The maximum Gasteiger partial charge on any atom is 0.270 e. The van der Waals surface area contributed by atoms with Crippen molar-refractivity contribution in [1.29, 1.82) is 0 Å². The topological polar surface area (TPSA) is 76.6 Å². The molecule has 0 radical (unpaired) electrons. The third kappa shape index (κ3) is 3.35. The molecule has 1 saturated heterocycles. The summed E-state index contributed by atoms with van der Waals surface area (Å²) in [4.78, 5) is 24.8. The highest BCUT2D eigenvalue weighted by atomic mass is 32.2. The quantitative estimate of drug-likeness (QED) is 0.342. The SMILES string of the molecule is CCN1C(=O)/C(=C\c2ccc(-c3cc([N+](=O)[O-])ccc3C)o2)SC1=S. The molecule has 0 N–H and O–H groups in total. The second-order valence-corrected chi connectivity index (χ2v) is 7.06. The van der Waals surface area contributed by atoms with E-state index in [1.807, 2.05) is 13.8 Å². The first-order chi connectivity index (χ1) is 11.9. The zero-order valence-corrected chi connectivity index (χ0v) is 15.1. The molecule has 1 aliphatic rings. The molecule has 1 aromatic heterocycles. The molecule has 1 fully saturated rings. The van der Waals surface area contributed by atoms with Crippen LogP contribution < -0.4 is 0 Å². The van der Waals surface area contributed by atoms with Crippen LogP contribution in [-0.2, 0) is 4.79 Å². The number of carbonyl (C=O) groups is 1. The highest BCUT2D eigenvalue weighted by Gasteiger charge is 2.30. The molecule has 2 heterocycles. The molecule has 3 rings (SSSR count). The molecule has 0 unspecified atom stereocenters. The number of hydrogen-bond donors (Lipinski definition) is 0. The first-order valence-electron chi connectivity index (χ1n) is 7.51. The van der Waals surface area contributed by atoms with Crippen LogP contribution in [0.25, 0.3) is 17.4 Å². The Balaban J connectivity index is 1.93. The number of carbonyl (C=O) groups excluding carboxylic acids is 1. The summed E-state index contributed by atoms with van der Waals surface area (Å²) >= 11 is 6.42. The first kappa shape index (κ1) is 17.4. The Morgan fingerprint density at radius 2 is 2.12 bits per heavy atom. The molecule has 0 atom stereocenters. The number of furan rings is 1. The Kier molecular flexibility index (Phi) is 4.73. The van der Waals surface area contributed by atoms with Crippen LogP contribution in [0.4, 0.5) is 5.69 Å². The van der Waals surface area contributed by atoms with Crippen LogP contribution in [0, 0.1) is 17.0 Å². The fourth-order valence-electron chi connectivity index (χ4n) is 2.47. The lowest BCUT2D eigenvalue weighted by Gasteiger charge is -2.09. The summed E-state index contributed by atoms with van der Waals surface area (Å²) in [6, 6.07) is 8.08. The van der Waals surface area contributed by atoms with Crippen molar-refractivity contribution in [3.05, 3.63) is 56.7 Å². The number of benzene rings is 1. The molecule has 0 aliphatic carbocycles. The number of hydrogen-bond acceptors (Lipinski definition) is 6. The van der Waals surface area contributed by atoms with E-state index in [2.05, 4.69) is 0 Å². The van der Waals surface area contributed by atoms with E-state index in [-0.39, 0.29) is 11.6 Å². The molecule has 2 aromatic rings. The Morgan fingerprint density at radius 1 is 1.36 bits per heavy atom. The minimum absolute atomic E-state index is 0.00219. The molecule has 1 aromatic carbocycles. The van der Waals surface area contributed by atoms with Gasteiger partial charge in [0.2, 0.25) is 0 Å². The number of thiocarbonyl (C=S) groups is 1. The van der Waals surface area contributed by atoms with Gasteiger partial charge >= 0.3 is 0 Å². The number of non-ortho nitro benzene ring substituents is 1. The molecule has 0 saturated carbocycles. The smallest absolute Gasteiger partial charge is 0.270 e. The highest BCUT2D eigenvalue weighted by Crippen LogP contribution is 2.34. The standard InChI is InChI=1S/C17H14N2O4S2/c1-3-18-16(20)15(25-17(18)24)9-12-6-7-14(23-12)13-8-11(19(21)22)5-4-10(13)2/h4-9H,3H2,1-2H3/b15-9+. The van der Waals surface area contributed by atoms with Crippen molar-refractivity contribution in [3.8, 4) is 11.3 Å². The lowest BCUT2D eigenvalue weighted by Crippen LogP contribution is -2.27. The normalized spacial score (nSPS) is 16.1. The van der Waals surface area contributed by atoms with Gasteiger partial charge in [-0.15, -0.1) is 0 Å². The predicted molar refractivity (Wildman–Crippen MR) is 101 cm³/mol. The summed E-state index contributed by atoms with van der Waals surface area (Å²) in [6.45, 7) is 4.25. The highest BCUT2D eigenvalue weighted by molar-refractivity contribution is 8.26. The summed E-state index contributed by atoms with van der Waals surface area (Å²) in [6.07, 6.45) is 1.64. The van der Waals surface area contributed by atoms with Crippen molar-refractivity contribution in [2.24, 2.45) is 0 Å². The van der Waals surface area contributed by atoms with Gasteiger partial charge in [0, 0.05) is 30.3 Å². The van der Waals surface area contributed by atoms with Gasteiger partial charge in [0.05, 0.1) is 9.83 Å². The second kappa shape index (κ2) is 6.81. The van der Waals surface area contributed by atoms with E-state index in [4.69, 9.17) is 16.6 Å². The van der Waals surface area contributed by atoms with Crippen LogP contribution in [0.15, 0.2) is 39.7 Å². The number of aryl methyl sites for hydroxylation is 1. The number of rotatable bonds is 4. The van der Waals surface area contributed by atoms with E-state index in [1.165, 1.54) is 28.8 Å². The number of likely N-dealkylation sites (N-methyl/N-ethyl adjacent to an activating group) is 1. The van der Waals surface area contributed by atoms with Gasteiger partial charge in [-0.25, -0.2) is 0 Å². The zero-order valence-electron chi connectivity index (χ0n) is 13.5. The Bertz CT molecular complexity index is 917. The van der Waals surface area contributed by atoms with E-state index in [1.54, 1.807) is 24.3 Å². The van der Waals surface area contributed by atoms with Crippen LogP contribution in [0.5, 0.6) is 0 Å². The zero-order chi connectivity index (χ0) is 18.1. The molecule has 25 heavy (non-hydrogen) atoms. The minimum atomic E-state index is -0.442. The number of amides is 1. The van der Waals surface area contributed by atoms with E-state index in [0.717, 1.165) is 5.56 Å². The molecule has 6 nitrogen and oxygen atoms in total. The predicted octanol–water partition coefficient (Wildman–Crippen LogP) is 4.38. The molecular formula is C17H14N2O4S2. The van der Waals surface area contributed by atoms with Crippen molar-refractivity contribution in [3.63, 3.8) is 0 Å². The van der Waals surface area contributed by atoms with Gasteiger partial charge in [-0.1, -0.05) is 30.0 Å². The van der Waals surface area contributed by atoms with Crippen molar-refractivity contribution in [2.75, 3.05) is 6.54 Å². The molecule has 1 amide bonds. The monoisotopic (exact) mass is 374 g/mol. The fraction of sp³-hybridized carbons (Fsp3) is 0.176. The fourth-order valence-corrected chi connectivity index (χ4v) is 3.83. The van der Waals surface area contributed by atoms with E-state index >= 15 is 0 Å². The second-order valence-electron chi connectivity index (χ2n) is 5.38. The number of nitro groups is 1. The Hall–Kier alpha value is -2.45. The van der Waals surface area contributed by atoms with Crippen LogP contribution in [-0.4, -0.2) is 26.6 Å². The Labute approximate surface area is 153 Å². The van der Waals surface area contributed by atoms with Crippen molar-refractivity contribution < 1.29 is 14.1 Å². The van der Waals surface area contributed by atoms with Crippen LogP contribution in [0.3, 0.4) is 0 Å². The van der Waals surface area contributed by atoms with E-state index in [0.29, 0.717) is 32.9 Å². The summed E-state index contributed by atoms with van der Waals surface area (Å²) < 4.78 is 6.30. The summed E-state index contributed by atoms with van der Waals surface area (Å²) in [5.74, 6) is 0.873. The van der Waals surface area contributed by atoms with Gasteiger partial charge in [-0.3, -0.25) is 19.8 Å². The molecule has 0 bridgehead atoms. The average molecular weight is 374 g/mol. The number of thioether (sulfide) groups is 1. The average Bonchev–Trinajstić information content (AvgIpc) is 3.13. The van der Waals surface area contributed by atoms with Crippen molar-refractivity contribution in [1.82, 2.24) is 4.90 Å². The van der Waals surface area contributed by atoms with Gasteiger partial charge in [0.1, 0.15) is 15.8 Å². The van der Waals surface area contributed by atoms with Crippen molar-refractivity contribution >= 4 is 46.0 Å². The lowest BCUT2D eigenvalue weighted by atomic mass is 10.1. The van der Waals surface area contributed by atoms with Gasteiger partial charge in [0.15, 0.2) is 0 Å². The largest absolute Gasteiger partial charge is 0.457 e. The molecule has 8 heteroatoms. The maximum atomic E-state index is 12.2. The van der Waals surface area contributed by atoms with Gasteiger partial charge in [0.25, 0.3) is 11.6 Å². The first-order valence-corrected chi connectivity index (χ1v) is 8.73. The van der Waals surface area contributed by atoms with Crippen LogP contribution >= 0.6 is 24.0 Å². The van der Waals surface area contributed by atoms with Crippen LogP contribution in [0.1, 0.15) is 18.2 Å².